The minimum absolute atomic E-state index is 0.0364. The smallest absolute Gasteiger partial charge is 0.221 e. The third-order valence-electron chi connectivity index (χ3n) is 2.89. The lowest BCUT2D eigenvalue weighted by Gasteiger charge is -2.11. The molecule has 1 amide bonds. The van der Waals surface area contributed by atoms with Crippen molar-refractivity contribution in [3.8, 4) is 0 Å². The van der Waals surface area contributed by atoms with E-state index in [2.05, 4.69) is 11.4 Å². The van der Waals surface area contributed by atoms with Crippen molar-refractivity contribution in [1.29, 1.82) is 0 Å². The quantitative estimate of drug-likeness (QED) is 0.844. The molecule has 0 fully saturated rings. The number of amides is 1. The first-order valence-corrected chi connectivity index (χ1v) is 5.65. The van der Waals surface area contributed by atoms with Gasteiger partial charge in [0.15, 0.2) is 0 Å². The van der Waals surface area contributed by atoms with Crippen LogP contribution in [0.4, 0.5) is 0 Å². The van der Waals surface area contributed by atoms with Crippen molar-refractivity contribution >= 4 is 16.7 Å². The van der Waals surface area contributed by atoms with Crippen molar-refractivity contribution < 1.29 is 4.79 Å². The molecule has 2 aromatic carbocycles. The zero-order valence-corrected chi connectivity index (χ0v) is 9.81. The average molecular weight is 228 g/mol. The van der Waals surface area contributed by atoms with Gasteiger partial charge in [0.1, 0.15) is 0 Å². The highest BCUT2D eigenvalue weighted by molar-refractivity contribution is 5.83. The zero-order chi connectivity index (χ0) is 12.3. The summed E-state index contributed by atoms with van der Waals surface area (Å²) < 4.78 is 0. The van der Waals surface area contributed by atoms with Crippen LogP contribution in [0.2, 0.25) is 0 Å². The molecule has 3 N–H and O–H groups in total. The normalized spacial score (nSPS) is 12.4. The maximum Gasteiger partial charge on any atom is 0.221 e. The molecule has 0 radical (unpaired) electrons. The van der Waals surface area contributed by atoms with Gasteiger partial charge in [0, 0.05) is 19.5 Å². The van der Waals surface area contributed by atoms with Crippen LogP contribution in [0.3, 0.4) is 0 Å². The number of rotatable bonds is 3. The van der Waals surface area contributed by atoms with E-state index < -0.39 is 0 Å². The van der Waals surface area contributed by atoms with E-state index in [-0.39, 0.29) is 11.9 Å². The molecule has 0 aliphatic heterocycles. The summed E-state index contributed by atoms with van der Waals surface area (Å²) in [4.78, 5) is 11.3. The van der Waals surface area contributed by atoms with E-state index >= 15 is 0 Å². The monoisotopic (exact) mass is 228 g/mol. The van der Waals surface area contributed by atoms with Crippen LogP contribution in [-0.4, -0.2) is 13.0 Å². The minimum Gasteiger partial charge on any atom is -0.359 e. The Labute approximate surface area is 101 Å². The van der Waals surface area contributed by atoms with Crippen LogP contribution in [-0.2, 0) is 4.79 Å². The molecule has 0 aromatic heterocycles. The van der Waals surface area contributed by atoms with Gasteiger partial charge in [0.05, 0.1) is 0 Å². The van der Waals surface area contributed by atoms with Crippen molar-refractivity contribution in [3.05, 3.63) is 48.0 Å². The van der Waals surface area contributed by atoms with E-state index in [1.165, 1.54) is 5.39 Å². The Balaban J connectivity index is 2.26. The molecule has 2 aromatic rings. The lowest BCUT2D eigenvalue weighted by molar-refractivity contribution is -0.120. The molecule has 0 heterocycles. The highest BCUT2D eigenvalue weighted by atomic mass is 16.1. The first-order chi connectivity index (χ1) is 8.20. The lowest BCUT2D eigenvalue weighted by atomic mass is 10.0. The predicted molar refractivity (Wildman–Crippen MR) is 69.6 cm³/mol. The third-order valence-corrected chi connectivity index (χ3v) is 2.89. The summed E-state index contributed by atoms with van der Waals surface area (Å²) in [7, 11) is 1.62. The fourth-order valence-corrected chi connectivity index (χ4v) is 1.86. The number of nitrogens with one attached hydrogen (secondary N) is 1. The molecule has 1 atom stereocenters. The second-order valence-corrected chi connectivity index (χ2v) is 4.09. The molecule has 1 unspecified atom stereocenters. The standard InChI is InChI=1S/C14H16N2O/c1-16-14(17)9-13(15)12-7-6-10-4-2-3-5-11(10)8-12/h2-8,13H,9,15H2,1H3,(H,16,17). The van der Waals surface area contributed by atoms with Gasteiger partial charge in [-0.15, -0.1) is 0 Å². The van der Waals surface area contributed by atoms with Crippen molar-refractivity contribution in [2.45, 2.75) is 12.5 Å². The van der Waals surface area contributed by atoms with Gasteiger partial charge in [-0.3, -0.25) is 4.79 Å². The molecule has 0 saturated carbocycles. The highest BCUT2D eigenvalue weighted by Crippen LogP contribution is 2.20. The van der Waals surface area contributed by atoms with Gasteiger partial charge in [0.2, 0.25) is 5.91 Å². The summed E-state index contributed by atoms with van der Waals surface area (Å²) >= 11 is 0. The van der Waals surface area contributed by atoms with Crippen molar-refractivity contribution in [3.63, 3.8) is 0 Å². The van der Waals surface area contributed by atoms with Crippen LogP contribution in [0.15, 0.2) is 42.5 Å². The minimum atomic E-state index is -0.250. The van der Waals surface area contributed by atoms with E-state index in [4.69, 9.17) is 5.73 Å². The summed E-state index contributed by atoms with van der Waals surface area (Å²) in [5, 5.41) is 4.92. The summed E-state index contributed by atoms with van der Waals surface area (Å²) in [6, 6.07) is 13.9. The Morgan fingerprint density at radius 1 is 1.24 bits per heavy atom. The van der Waals surface area contributed by atoms with Gasteiger partial charge < -0.3 is 11.1 Å². The maximum atomic E-state index is 11.3. The number of carbonyl (C=O) groups excluding carboxylic acids is 1. The number of hydrogen-bond acceptors (Lipinski definition) is 2. The second-order valence-electron chi connectivity index (χ2n) is 4.09. The van der Waals surface area contributed by atoms with Crippen LogP contribution < -0.4 is 11.1 Å². The summed E-state index contributed by atoms with van der Waals surface area (Å²) in [5.74, 6) is -0.0364. The van der Waals surface area contributed by atoms with Gasteiger partial charge in [-0.25, -0.2) is 0 Å². The van der Waals surface area contributed by atoms with Crippen LogP contribution >= 0.6 is 0 Å². The van der Waals surface area contributed by atoms with Crippen LogP contribution in [0.1, 0.15) is 18.0 Å². The largest absolute Gasteiger partial charge is 0.359 e. The van der Waals surface area contributed by atoms with E-state index in [0.29, 0.717) is 6.42 Å². The van der Waals surface area contributed by atoms with Crippen molar-refractivity contribution in [1.82, 2.24) is 5.32 Å². The molecular formula is C14H16N2O. The molecule has 0 aliphatic rings. The number of carbonyl (C=O) groups is 1. The van der Waals surface area contributed by atoms with Gasteiger partial charge in [-0.1, -0.05) is 36.4 Å². The molecule has 0 spiro atoms. The Morgan fingerprint density at radius 2 is 1.94 bits per heavy atom. The van der Waals surface area contributed by atoms with Crippen molar-refractivity contribution in [2.75, 3.05) is 7.05 Å². The fraction of sp³-hybridized carbons (Fsp3) is 0.214. The molecule has 3 nitrogen and oxygen atoms in total. The summed E-state index contributed by atoms with van der Waals surface area (Å²) in [6.07, 6.45) is 0.314. The first-order valence-electron chi connectivity index (χ1n) is 5.65. The molecule has 2 rings (SSSR count). The SMILES string of the molecule is CNC(=O)CC(N)c1ccc2ccccc2c1. The van der Waals surface area contributed by atoms with Crippen molar-refractivity contribution in [2.24, 2.45) is 5.73 Å². The third kappa shape index (κ3) is 2.63. The van der Waals surface area contributed by atoms with E-state index in [0.717, 1.165) is 10.9 Å². The summed E-state index contributed by atoms with van der Waals surface area (Å²) in [5.41, 5.74) is 6.99. The topological polar surface area (TPSA) is 55.1 Å². The molecule has 0 bridgehead atoms. The molecular weight excluding hydrogens is 212 g/mol. The van der Waals surface area contributed by atoms with Crippen LogP contribution in [0.5, 0.6) is 0 Å². The number of fused-ring (bicyclic) bond motifs is 1. The Morgan fingerprint density at radius 3 is 2.65 bits per heavy atom. The Hall–Kier alpha value is -1.87. The van der Waals surface area contributed by atoms with Gasteiger partial charge in [0.25, 0.3) is 0 Å². The Bertz CT molecular complexity index is 536. The highest BCUT2D eigenvalue weighted by Gasteiger charge is 2.10. The van der Waals surface area contributed by atoms with Crippen LogP contribution in [0.25, 0.3) is 10.8 Å². The van der Waals surface area contributed by atoms with E-state index in [9.17, 15) is 4.79 Å². The number of benzene rings is 2. The average Bonchev–Trinajstić information content (AvgIpc) is 2.38. The molecule has 17 heavy (non-hydrogen) atoms. The van der Waals surface area contributed by atoms with Crippen LogP contribution in [0, 0.1) is 0 Å². The van der Waals surface area contributed by atoms with E-state index in [1.54, 1.807) is 7.05 Å². The molecule has 3 heteroatoms. The Kier molecular flexibility index (Phi) is 3.40. The number of hydrogen-bond donors (Lipinski definition) is 2. The van der Waals surface area contributed by atoms with Gasteiger partial charge in [-0.2, -0.15) is 0 Å². The van der Waals surface area contributed by atoms with Gasteiger partial charge >= 0.3 is 0 Å². The number of nitrogens with two attached hydrogens (primary N) is 1. The lowest BCUT2D eigenvalue weighted by Crippen LogP contribution is -2.24. The predicted octanol–water partition coefficient (Wildman–Crippen LogP) is 1.98. The molecule has 0 saturated heterocycles. The second kappa shape index (κ2) is 4.97. The molecule has 88 valence electrons. The van der Waals surface area contributed by atoms with E-state index in [1.807, 2.05) is 36.4 Å². The summed E-state index contributed by atoms with van der Waals surface area (Å²) in [6.45, 7) is 0. The zero-order valence-electron chi connectivity index (χ0n) is 9.81. The maximum absolute atomic E-state index is 11.3. The first kappa shape index (κ1) is 11.6. The molecule has 0 aliphatic carbocycles. The fourth-order valence-electron chi connectivity index (χ4n) is 1.86. The van der Waals surface area contributed by atoms with Gasteiger partial charge in [-0.05, 0) is 22.4 Å².